The van der Waals surface area contributed by atoms with Gasteiger partial charge in [0.25, 0.3) is 0 Å². The third-order valence-electron chi connectivity index (χ3n) is 3.45. The van der Waals surface area contributed by atoms with Gasteiger partial charge in [-0.15, -0.1) is 0 Å². The van der Waals surface area contributed by atoms with Gasteiger partial charge in [-0.2, -0.15) is 0 Å². The van der Waals surface area contributed by atoms with Gasteiger partial charge in [0.05, 0.1) is 6.61 Å². The highest BCUT2D eigenvalue weighted by Crippen LogP contribution is 2.22. The fraction of sp³-hybridized carbons (Fsp3) is 0.600. The fourth-order valence-corrected chi connectivity index (χ4v) is 2.59. The second kappa shape index (κ2) is 6.75. The van der Waals surface area contributed by atoms with Gasteiger partial charge in [0.1, 0.15) is 0 Å². The van der Waals surface area contributed by atoms with E-state index < -0.39 is 0 Å². The Labute approximate surface area is 114 Å². The Balaban J connectivity index is 1.89. The minimum absolute atomic E-state index is 0.307. The summed E-state index contributed by atoms with van der Waals surface area (Å²) in [6.45, 7) is 5.58. The van der Waals surface area contributed by atoms with Crippen LogP contribution in [0.1, 0.15) is 33.1 Å². The Morgan fingerprint density at radius 1 is 1.53 bits per heavy atom. The van der Waals surface area contributed by atoms with Crippen LogP contribution in [-0.2, 0) is 0 Å². The molecule has 1 aliphatic rings. The molecule has 2 rings (SSSR count). The second-order valence-electron chi connectivity index (χ2n) is 5.15. The van der Waals surface area contributed by atoms with Crippen LogP contribution in [-0.4, -0.2) is 25.2 Å². The van der Waals surface area contributed by atoms with Crippen LogP contribution in [0.15, 0.2) is 18.2 Å². The lowest BCUT2D eigenvalue weighted by molar-refractivity contribution is 0.321. The predicted molar refractivity (Wildman–Crippen MR) is 76.3 cm³/mol. The number of hydrogen-bond acceptors (Lipinski definition) is 3. The molecule has 0 aliphatic carbocycles. The Morgan fingerprint density at radius 3 is 3.00 bits per heavy atom. The summed E-state index contributed by atoms with van der Waals surface area (Å²) in [6, 6.07) is 5.97. The Hall–Kier alpha value is -1.29. The van der Waals surface area contributed by atoms with Crippen molar-refractivity contribution in [1.82, 2.24) is 5.32 Å². The van der Waals surface area contributed by atoms with E-state index in [1.165, 1.54) is 18.9 Å². The first-order chi connectivity index (χ1) is 9.19. The summed E-state index contributed by atoms with van der Waals surface area (Å²) in [5.41, 5.74) is 0.812. The maximum absolute atomic E-state index is 13.7. The zero-order valence-corrected chi connectivity index (χ0v) is 11.7. The van der Waals surface area contributed by atoms with E-state index in [9.17, 15) is 4.39 Å². The molecular formula is C15H23FN2O. The van der Waals surface area contributed by atoms with Crippen molar-refractivity contribution in [2.24, 2.45) is 0 Å². The first-order valence-corrected chi connectivity index (χ1v) is 7.11. The van der Waals surface area contributed by atoms with E-state index in [0.717, 1.165) is 18.7 Å². The molecule has 2 unspecified atom stereocenters. The standard InChI is InChI=1S/C15H23FN2O/c1-3-19-15-7-6-13(10-14(15)16)18-11(2)9-12-5-4-8-17-12/h6-7,10-12,17-18H,3-5,8-9H2,1-2H3. The smallest absolute Gasteiger partial charge is 0.167 e. The normalized spacial score (nSPS) is 20.3. The Kier molecular flexibility index (Phi) is 5.02. The topological polar surface area (TPSA) is 33.3 Å². The minimum atomic E-state index is -0.307. The van der Waals surface area contributed by atoms with E-state index in [4.69, 9.17) is 4.74 Å². The molecule has 1 heterocycles. The van der Waals surface area contributed by atoms with Crippen LogP contribution in [0.2, 0.25) is 0 Å². The molecule has 2 N–H and O–H groups in total. The van der Waals surface area contributed by atoms with Gasteiger partial charge in [0.15, 0.2) is 11.6 Å². The van der Waals surface area contributed by atoms with E-state index in [-0.39, 0.29) is 5.82 Å². The molecule has 0 aromatic heterocycles. The molecule has 1 aromatic carbocycles. The molecule has 1 aliphatic heterocycles. The van der Waals surface area contributed by atoms with Gasteiger partial charge in [-0.1, -0.05) is 0 Å². The number of rotatable bonds is 6. The fourth-order valence-electron chi connectivity index (χ4n) is 2.59. The number of benzene rings is 1. The van der Waals surface area contributed by atoms with Crippen LogP contribution in [0.4, 0.5) is 10.1 Å². The zero-order valence-electron chi connectivity index (χ0n) is 11.7. The second-order valence-corrected chi connectivity index (χ2v) is 5.15. The van der Waals surface area contributed by atoms with Crippen molar-refractivity contribution in [2.75, 3.05) is 18.5 Å². The van der Waals surface area contributed by atoms with E-state index in [1.54, 1.807) is 6.07 Å². The molecule has 4 heteroatoms. The average molecular weight is 266 g/mol. The molecule has 1 saturated heterocycles. The molecule has 0 saturated carbocycles. The van der Waals surface area contributed by atoms with Gasteiger partial charge >= 0.3 is 0 Å². The number of halogens is 1. The third-order valence-corrected chi connectivity index (χ3v) is 3.45. The van der Waals surface area contributed by atoms with Crippen LogP contribution in [0.25, 0.3) is 0 Å². The molecule has 0 bridgehead atoms. The van der Waals surface area contributed by atoms with Gasteiger partial charge in [-0.3, -0.25) is 0 Å². The molecule has 1 aromatic rings. The number of anilines is 1. The molecular weight excluding hydrogens is 243 g/mol. The Morgan fingerprint density at radius 2 is 2.37 bits per heavy atom. The monoisotopic (exact) mass is 266 g/mol. The number of ether oxygens (including phenoxy) is 1. The van der Waals surface area contributed by atoms with E-state index >= 15 is 0 Å². The molecule has 3 nitrogen and oxygen atoms in total. The van der Waals surface area contributed by atoms with E-state index in [2.05, 4.69) is 17.6 Å². The van der Waals surface area contributed by atoms with E-state index in [0.29, 0.717) is 24.4 Å². The molecule has 0 spiro atoms. The largest absolute Gasteiger partial charge is 0.491 e. The van der Waals surface area contributed by atoms with Crippen LogP contribution < -0.4 is 15.4 Å². The summed E-state index contributed by atoms with van der Waals surface area (Å²) in [4.78, 5) is 0. The van der Waals surface area contributed by atoms with Crippen LogP contribution >= 0.6 is 0 Å². The van der Waals surface area contributed by atoms with Gasteiger partial charge in [-0.25, -0.2) is 4.39 Å². The van der Waals surface area contributed by atoms with Crippen molar-refractivity contribution in [1.29, 1.82) is 0 Å². The third kappa shape index (κ3) is 4.10. The average Bonchev–Trinajstić information content (AvgIpc) is 2.85. The summed E-state index contributed by atoms with van der Waals surface area (Å²) >= 11 is 0. The number of nitrogens with one attached hydrogen (secondary N) is 2. The minimum Gasteiger partial charge on any atom is -0.491 e. The van der Waals surface area contributed by atoms with Crippen molar-refractivity contribution >= 4 is 5.69 Å². The quantitative estimate of drug-likeness (QED) is 0.829. The van der Waals surface area contributed by atoms with Crippen LogP contribution in [0.3, 0.4) is 0 Å². The Bertz CT molecular complexity index is 405. The molecule has 0 radical (unpaired) electrons. The zero-order chi connectivity index (χ0) is 13.7. The highest BCUT2D eigenvalue weighted by Gasteiger charge is 2.17. The van der Waals surface area contributed by atoms with Crippen LogP contribution in [0.5, 0.6) is 5.75 Å². The lowest BCUT2D eigenvalue weighted by Gasteiger charge is -2.19. The summed E-state index contributed by atoms with van der Waals surface area (Å²) in [6.07, 6.45) is 3.56. The molecule has 1 fully saturated rings. The van der Waals surface area contributed by atoms with E-state index in [1.807, 2.05) is 13.0 Å². The summed E-state index contributed by atoms with van der Waals surface area (Å²) in [5.74, 6) is 0.0104. The molecule has 0 amide bonds. The van der Waals surface area contributed by atoms with Gasteiger partial charge in [0.2, 0.25) is 0 Å². The predicted octanol–water partition coefficient (Wildman–Crippen LogP) is 3.17. The van der Waals surface area contributed by atoms with Gasteiger partial charge < -0.3 is 15.4 Å². The lowest BCUT2D eigenvalue weighted by Crippen LogP contribution is -2.29. The summed E-state index contributed by atoms with van der Waals surface area (Å²) < 4.78 is 18.9. The van der Waals surface area contributed by atoms with Crippen molar-refractivity contribution in [3.8, 4) is 5.75 Å². The van der Waals surface area contributed by atoms with Crippen molar-refractivity contribution in [3.63, 3.8) is 0 Å². The first kappa shape index (κ1) is 14.1. The van der Waals surface area contributed by atoms with Gasteiger partial charge in [0, 0.05) is 23.8 Å². The summed E-state index contributed by atoms with van der Waals surface area (Å²) in [5, 5.41) is 6.82. The molecule has 106 valence electrons. The SMILES string of the molecule is CCOc1ccc(NC(C)CC2CCCN2)cc1F. The van der Waals surface area contributed by atoms with Crippen molar-refractivity contribution < 1.29 is 9.13 Å². The lowest BCUT2D eigenvalue weighted by atomic mass is 10.1. The molecule has 19 heavy (non-hydrogen) atoms. The van der Waals surface area contributed by atoms with Crippen molar-refractivity contribution in [3.05, 3.63) is 24.0 Å². The van der Waals surface area contributed by atoms with Crippen LogP contribution in [0, 0.1) is 5.82 Å². The van der Waals surface area contributed by atoms with Gasteiger partial charge in [-0.05, 0) is 51.8 Å². The maximum atomic E-state index is 13.7. The highest BCUT2D eigenvalue weighted by molar-refractivity contribution is 5.47. The molecule has 2 atom stereocenters. The number of hydrogen-bond donors (Lipinski definition) is 2. The highest BCUT2D eigenvalue weighted by atomic mass is 19.1. The maximum Gasteiger partial charge on any atom is 0.167 e. The first-order valence-electron chi connectivity index (χ1n) is 7.11. The van der Waals surface area contributed by atoms with Crippen molar-refractivity contribution in [2.45, 2.75) is 45.2 Å². The summed E-state index contributed by atoms with van der Waals surface area (Å²) in [7, 11) is 0.